The summed E-state index contributed by atoms with van der Waals surface area (Å²) in [6.07, 6.45) is 8.35. The highest BCUT2D eigenvalue weighted by Gasteiger charge is 2.28. The molecule has 1 aromatic carbocycles. The van der Waals surface area contributed by atoms with E-state index >= 15 is 0 Å². The first-order chi connectivity index (χ1) is 18.9. The van der Waals surface area contributed by atoms with Gasteiger partial charge >= 0.3 is 6.16 Å². The van der Waals surface area contributed by atoms with E-state index in [0.29, 0.717) is 31.1 Å². The maximum Gasteiger partial charge on any atom is 0.503 e. The van der Waals surface area contributed by atoms with Crippen LogP contribution in [0.1, 0.15) is 37.3 Å². The molecule has 1 saturated carbocycles. The number of anilines is 1. The molecule has 10 nitrogen and oxygen atoms in total. The molecular weight excluding hydrogens is 518 g/mol. The molecule has 1 fully saturated rings. The summed E-state index contributed by atoms with van der Waals surface area (Å²) in [6.45, 7) is 1.28. The Balaban J connectivity index is 0.000000826. The van der Waals surface area contributed by atoms with Crippen molar-refractivity contribution >= 4 is 29.4 Å². The number of nitrogen functional groups attached to an aromatic ring is 1. The molecule has 0 aliphatic heterocycles. The number of pyridine rings is 1. The number of rotatable bonds is 8. The van der Waals surface area contributed by atoms with Gasteiger partial charge in [-0.1, -0.05) is 36.4 Å². The van der Waals surface area contributed by atoms with Crippen LogP contribution in [0.3, 0.4) is 0 Å². The first-order valence-electron chi connectivity index (χ1n) is 12.7. The van der Waals surface area contributed by atoms with E-state index in [-0.39, 0.29) is 0 Å². The van der Waals surface area contributed by atoms with Gasteiger partial charge in [-0.2, -0.15) is 9.61 Å². The minimum atomic E-state index is -1.83. The number of hydrogen-bond donors (Lipinski definition) is 3. The van der Waals surface area contributed by atoms with E-state index in [1.807, 2.05) is 36.7 Å². The van der Waals surface area contributed by atoms with Gasteiger partial charge < -0.3 is 25.4 Å². The predicted octanol–water partition coefficient (Wildman–Crippen LogP) is 5.67. The molecule has 1 aliphatic carbocycles. The zero-order chi connectivity index (χ0) is 27.8. The summed E-state index contributed by atoms with van der Waals surface area (Å²) < 4.78 is 12.8. The highest BCUT2D eigenvalue weighted by atomic mass is 32.2. The Labute approximate surface area is 231 Å². The normalized spacial score (nSPS) is 17.0. The number of methoxy groups -OCH3 is 1. The zero-order valence-corrected chi connectivity index (χ0v) is 22.8. The second kappa shape index (κ2) is 13.4. The Hall–Kier alpha value is -3.67. The van der Waals surface area contributed by atoms with Crippen LogP contribution in [0.25, 0.3) is 28.0 Å². The van der Waals surface area contributed by atoms with Gasteiger partial charge in [0, 0.05) is 35.9 Å². The average molecular weight is 552 g/mol. The Morgan fingerprint density at radius 3 is 2.38 bits per heavy atom. The molecule has 11 heteroatoms. The Morgan fingerprint density at radius 2 is 1.77 bits per heavy atom. The first-order valence-corrected chi connectivity index (χ1v) is 13.9. The van der Waals surface area contributed by atoms with Crippen molar-refractivity contribution in [2.24, 2.45) is 0 Å². The SMILES string of the molecule is COCCO[C@H]1CC[C@H](c2nc3c(-c4ccc(-c5ccccc5)nc4)cnn3c(N)c2SC)CC1.O=C(O)O. The fourth-order valence-corrected chi connectivity index (χ4v) is 5.56. The van der Waals surface area contributed by atoms with Gasteiger partial charge in [0.05, 0.1) is 41.8 Å². The highest BCUT2D eigenvalue weighted by Crippen LogP contribution is 2.40. The van der Waals surface area contributed by atoms with Crippen LogP contribution in [0.2, 0.25) is 0 Å². The summed E-state index contributed by atoms with van der Waals surface area (Å²) >= 11 is 1.64. The standard InChI is InChI=1S/C27H31N5O2S.CH2O3/c1-33-14-15-34-21-11-8-19(9-12-21)24-25(35-2)26(28)32-27(31-24)22(17-30-32)20-10-13-23(29-16-20)18-6-4-3-5-7-18;2-1(3)4/h3-7,10,13,16-17,19,21H,8-9,11-12,14-15,28H2,1-2H3;(H2,2,3,4)/t19-,21-;. The van der Waals surface area contributed by atoms with Crippen molar-refractivity contribution in [3.63, 3.8) is 0 Å². The quantitative estimate of drug-likeness (QED) is 0.185. The number of aromatic nitrogens is 4. The molecule has 39 heavy (non-hydrogen) atoms. The van der Waals surface area contributed by atoms with Crippen LogP contribution in [-0.2, 0) is 9.47 Å². The molecule has 206 valence electrons. The summed E-state index contributed by atoms with van der Waals surface area (Å²) in [6, 6.07) is 14.3. The third-order valence-corrected chi connectivity index (χ3v) is 7.54. The molecule has 0 spiro atoms. The third-order valence-electron chi connectivity index (χ3n) is 6.71. The van der Waals surface area contributed by atoms with Crippen LogP contribution in [0.15, 0.2) is 59.8 Å². The van der Waals surface area contributed by atoms with Crippen molar-refractivity contribution in [2.75, 3.05) is 32.3 Å². The summed E-state index contributed by atoms with van der Waals surface area (Å²) in [4.78, 5) is 19.4. The van der Waals surface area contributed by atoms with Crippen molar-refractivity contribution in [2.45, 2.75) is 42.6 Å². The van der Waals surface area contributed by atoms with Crippen LogP contribution < -0.4 is 5.73 Å². The van der Waals surface area contributed by atoms with Crippen molar-refractivity contribution in [3.05, 3.63) is 60.6 Å². The number of carbonyl (C=O) groups is 1. The van der Waals surface area contributed by atoms with Gasteiger partial charge in [0.15, 0.2) is 5.65 Å². The topological polar surface area (TPSA) is 145 Å². The van der Waals surface area contributed by atoms with E-state index in [9.17, 15) is 0 Å². The van der Waals surface area contributed by atoms with Crippen LogP contribution in [0.5, 0.6) is 0 Å². The smallest absolute Gasteiger partial charge is 0.450 e. The van der Waals surface area contributed by atoms with Crippen molar-refractivity contribution in [3.8, 4) is 22.4 Å². The summed E-state index contributed by atoms with van der Waals surface area (Å²) in [5, 5.41) is 18.5. The second-order valence-corrected chi connectivity index (χ2v) is 9.94. The molecule has 5 rings (SSSR count). The van der Waals surface area contributed by atoms with E-state index in [2.05, 4.69) is 29.6 Å². The van der Waals surface area contributed by atoms with Gasteiger partial charge in [-0.15, -0.1) is 11.8 Å². The largest absolute Gasteiger partial charge is 0.503 e. The van der Waals surface area contributed by atoms with E-state index in [4.69, 9.17) is 40.2 Å². The minimum Gasteiger partial charge on any atom is -0.450 e. The lowest BCUT2D eigenvalue weighted by Crippen LogP contribution is -2.23. The molecule has 4 N–H and O–H groups in total. The Kier molecular flexibility index (Phi) is 9.74. The second-order valence-electron chi connectivity index (χ2n) is 9.13. The highest BCUT2D eigenvalue weighted by molar-refractivity contribution is 7.98. The maximum absolute atomic E-state index is 8.56. The molecule has 0 bridgehead atoms. The average Bonchev–Trinajstić information content (AvgIpc) is 3.38. The van der Waals surface area contributed by atoms with Crippen molar-refractivity contribution in [1.82, 2.24) is 19.6 Å². The number of carboxylic acid groups (broad SMARTS) is 2. The molecule has 0 saturated heterocycles. The van der Waals surface area contributed by atoms with Crippen LogP contribution in [0, 0.1) is 0 Å². The lowest BCUT2D eigenvalue weighted by atomic mass is 9.85. The number of fused-ring (bicyclic) bond motifs is 1. The minimum absolute atomic E-state index is 0.292. The van der Waals surface area contributed by atoms with E-state index in [0.717, 1.165) is 64.3 Å². The maximum atomic E-state index is 8.56. The molecular formula is C28H33N5O5S. The van der Waals surface area contributed by atoms with Gasteiger partial charge in [0.2, 0.25) is 0 Å². The number of hydrogen-bond acceptors (Lipinski definition) is 8. The van der Waals surface area contributed by atoms with Gasteiger partial charge in [0.1, 0.15) is 5.82 Å². The van der Waals surface area contributed by atoms with Gasteiger partial charge in [-0.05, 0) is 38.0 Å². The van der Waals surface area contributed by atoms with E-state index in [1.54, 1.807) is 23.4 Å². The lowest BCUT2D eigenvalue weighted by molar-refractivity contribution is -0.00307. The van der Waals surface area contributed by atoms with Crippen molar-refractivity contribution < 1.29 is 24.5 Å². The predicted molar refractivity (Wildman–Crippen MR) is 151 cm³/mol. The molecule has 3 heterocycles. The summed E-state index contributed by atoms with van der Waals surface area (Å²) in [7, 11) is 1.70. The number of ether oxygens (including phenoxy) is 2. The molecule has 0 radical (unpaired) electrons. The molecule has 0 atom stereocenters. The van der Waals surface area contributed by atoms with Crippen LogP contribution in [0.4, 0.5) is 10.6 Å². The zero-order valence-electron chi connectivity index (χ0n) is 22.0. The summed E-state index contributed by atoms with van der Waals surface area (Å²) in [5.41, 5.74) is 12.4. The van der Waals surface area contributed by atoms with Gasteiger partial charge in [0.25, 0.3) is 0 Å². The third kappa shape index (κ3) is 6.86. The van der Waals surface area contributed by atoms with E-state index in [1.165, 1.54) is 0 Å². The van der Waals surface area contributed by atoms with Crippen molar-refractivity contribution in [1.29, 1.82) is 0 Å². The number of thioether (sulfide) groups is 1. The molecule has 1 aliphatic rings. The van der Waals surface area contributed by atoms with Crippen LogP contribution in [-0.4, -0.2) is 68.6 Å². The van der Waals surface area contributed by atoms with Gasteiger partial charge in [-0.25, -0.2) is 9.78 Å². The van der Waals surface area contributed by atoms with Crippen LogP contribution >= 0.6 is 11.8 Å². The van der Waals surface area contributed by atoms with E-state index < -0.39 is 6.16 Å². The molecule has 0 amide bonds. The fourth-order valence-electron chi connectivity index (χ4n) is 4.84. The monoisotopic (exact) mass is 551 g/mol. The molecule has 4 aromatic rings. The molecule has 3 aromatic heterocycles. The molecule has 0 unspecified atom stereocenters. The number of nitrogens with two attached hydrogens (primary N) is 1. The lowest BCUT2D eigenvalue weighted by Gasteiger charge is -2.29. The Bertz CT molecular complexity index is 1370. The Morgan fingerprint density at radius 1 is 1.05 bits per heavy atom. The number of benzene rings is 1. The first kappa shape index (κ1) is 28.3. The fraction of sp³-hybridized carbons (Fsp3) is 0.357. The summed E-state index contributed by atoms with van der Waals surface area (Å²) in [5.74, 6) is 1.00. The number of nitrogens with zero attached hydrogens (tertiary/aromatic N) is 4. The van der Waals surface area contributed by atoms with Gasteiger partial charge in [-0.3, -0.25) is 4.98 Å².